The van der Waals surface area contributed by atoms with Gasteiger partial charge in [0.05, 0.1) is 0 Å². The van der Waals surface area contributed by atoms with Crippen LogP contribution in [0, 0.1) is 13.8 Å². The fourth-order valence-electron chi connectivity index (χ4n) is 1.76. The van der Waals surface area contributed by atoms with Crippen molar-refractivity contribution in [3.8, 4) is 0 Å². The summed E-state index contributed by atoms with van der Waals surface area (Å²) in [6.07, 6.45) is 1.58. The van der Waals surface area contributed by atoms with Crippen molar-refractivity contribution in [2.24, 2.45) is 0 Å². The first-order valence-electron chi connectivity index (χ1n) is 6.10. The van der Waals surface area contributed by atoms with E-state index in [4.69, 9.17) is 0 Å². The van der Waals surface area contributed by atoms with E-state index in [1.54, 1.807) is 6.33 Å². The summed E-state index contributed by atoms with van der Waals surface area (Å²) in [5, 5.41) is 6.57. The molecule has 18 heavy (non-hydrogen) atoms. The predicted octanol–water partition coefficient (Wildman–Crippen LogP) is 3.27. The molecule has 1 aromatic heterocycles. The van der Waals surface area contributed by atoms with Crippen molar-refractivity contribution in [1.82, 2.24) is 9.97 Å². The molecule has 94 valence electrons. The van der Waals surface area contributed by atoms with Crippen LogP contribution in [0.25, 0.3) is 0 Å². The van der Waals surface area contributed by atoms with Gasteiger partial charge in [-0.15, -0.1) is 0 Å². The number of benzene rings is 1. The van der Waals surface area contributed by atoms with Gasteiger partial charge in [-0.1, -0.05) is 18.2 Å². The van der Waals surface area contributed by atoms with Crippen molar-refractivity contribution in [3.63, 3.8) is 0 Å². The summed E-state index contributed by atoms with van der Waals surface area (Å²) < 4.78 is 0. The molecule has 0 aliphatic heterocycles. The molecule has 1 aromatic carbocycles. The van der Waals surface area contributed by atoms with Gasteiger partial charge in [-0.05, 0) is 32.4 Å². The maximum Gasteiger partial charge on any atom is 0.138 e. The van der Waals surface area contributed by atoms with Gasteiger partial charge in [-0.3, -0.25) is 0 Å². The van der Waals surface area contributed by atoms with E-state index in [2.05, 4.69) is 40.5 Å². The van der Waals surface area contributed by atoms with E-state index >= 15 is 0 Å². The maximum atomic E-state index is 4.30. The number of aromatic nitrogens is 2. The van der Waals surface area contributed by atoms with Crippen molar-refractivity contribution in [2.75, 3.05) is 17.2 Å². The van der Waals surface area contributed by atoms with Gasteiger partial charge >= 0.3 is 0 Å². The van der Waals surface area contributed by atoms with Crippen LogP contribution in [0.1, 0.15) is 18.1 Å². The minimum absolute atomic E-state index is 0.843. The molecule has 0 spiro atoms. The molecule has 0 saturated carbocycles. The quantitative estimate of drug-likeness (QED) is 0.864. The molecule has 2 rings (SSSR count). The fraction of sp³-hybridized carbons (Fsp3) is 0.286. The highest BCUT2D eigenvalue weighted by Gasteiger charge is 2.07. The first-order valence-corrected chi connectivity index (χ1v) is 6.10. The van der Waals surface area contributed by atoms with E-state index in [1.807, 2.05) is 25.1 Å². The monoisotopic (exact) mass is 242 g/mol. The average Bonchev–Trinajstić information content (AvgIpc) is 2.37. The topological polar surface area (TPSA) is 49.8 Å². The second-order valence-electron chi connectivity index (χ2n) is 4.17. The summed E-state index contributed by atoms with van der Waals surface area (Å²) in [5.41, 5.74) is 3.30. The Morgan fingerprint density at radius 2 is 1.78 bits per heavy atom. The summed E-state index contributed by atoms with van der Waals surface area (Å²) in [6.45, 7) is 6.99. The van der Waals surface area contributed by atoms with Crippen LogP contribution in [0.5, 0.6) is 0 Å². The second-order valence-corrected chi connectivity index (χ2v) is 4.17. The zero-order valence-electron chi connectivity index (χ0n) is 11.0. The second kappa shape index (κ2) is 5.49. The van der Waals surface area contributed by atoms with Crippen LogP contribution in [-0.4, -0.2) is 16.5 Å². The highest BCUT2D eigenvalue weighted by molar-refractivity contribution is 5.66. The van der Waals surface area contributed by atoms with E-state index in [9.17, 15) is 0 Å². The van der Waals surface area contributed by atoms with Gasteiger partial charge in [0, 0.05) is 17.8 Å². The molecule has 0 radical (unpaired) electrons. The van der Waals surface area contributed by atoms with Gasteiger partial charge < -0.3 is 10.6 Å². The SMILES string of the molecule is CCNc1ncnc(Nc2ccccc2C)c1C. The van der Waals surface area contributed by atoms with Crippen LogP contribution in [0.3, 0.4) is 0 Å². The summed E-state index contributed by atoms with van der Waals surface area (Å²) >= 11 is 0. The van der Waals surface area contributed by atoms with Crippen LogP contribution < -0.4 is 10.6 Å². The molecule has 0 aliphatic rings. The van der Waals surface area contributed by atoms with E-state index < -0.39 is 0 Å². The lowest BCUT2D eigenvalue weighted by atomic mass is 10.2. The van der Waals surface area contributed by atoms with Gasteiger partial charge in [-0.2, -0.15) is 0 Å². The molecule has 0 amide bonds. The third-order valence-electron chi connectivity index (χ3n) is 2.83. The van der Waals surface area contributed by atoms with E-state index in [0.29, 0.717) is 0 Å². The summed E-state index contributed by atoms with van der Waals surface area (Å²) in [4.78, 5) is 8.53. The number of hydrogen-bond donors (Lipinski definition) is 2. The number of anilines is 3. The minimum Gasteiger partial charge on any atom is -0.370 e. The number of para-hydroxylation sites is 1. The Morgan fingerprint density at radius 3 is 2.50 bits per heavy atom. The van der Waals surface area contributed by atoms with Crippen molar-refractivity contribution >= 4 is 17.3 Å². The average molecular weight is 242 g/mol. The lowest BCUT2D eigenvalue weighted by molar-refractivity contribution is 1.08. The molecular formula is C14H18N4. The minimum atomic E-state index is 0.843. The van der Waals surface area contributed by atoms with Gasteiger partial charge in [0.25, 0.3) is 0 Å². The first-order chi connectivity index (χ1) is 8.72. The zero-order chi connectivity index (χ0) is 13.0. The van der Waals surface area contributed by atoms with Crippen molar-refractivity contribution in [3.05, 3.63) is 41.7 Å². The van der Waals surface area contributed by atoms with Gasteiger partial charge in [0.2, 0.25) is 0 Å². The number of nitrogens with one attached hydrogen (secondary N) is 2. The molecule has 0 atom stereocenters. The Bertz CT molecular complexity index is 537. The Labute approximate surface area is 107 Å². The molecule has 4 nitrogen and oxygen atoms in total. The van der Waals surface area contributed by atoms with Crippen molar-refractivity contribution in [1.29, 1.82) is 0 Å². The normalized spacial score (nSPS) is 10.2. The Balaban J connectivity index is 2.30. The molecule has 0 aliphatic carbocycles. The molecule has 0 bridgehead atoms. The zero-order valence-corrected chi connectivity index (χ0v) is 11.0. The highest BCUT2D eigenvalue weighted by atomic mass is 15.1. The molecular weight excluding hydrogens is 224 g/mol. The van der Waals surface area contributed by atoms with E-state index in [0.717, 1.165) is 29.4 Å². The third-order valence-corrected chi connectivity index (χ3v) is 2.83. The maximum absolute atomic E-state index is 4.30. The lowest BCUT2D eigenvalue weighted by Gasteiger charge is -2.13. The van der Waals surface area contributed by atoms with Crippen molar-refractivity contribution in [2.45, 2.75) is 20.8 Å². The van der Waals surface area contributed by atoms with Gasteiger partial charge in [0.15, 0.2) is 0 Å². The van der Waals surface area contributed by atoms with Crippen LogP contribution in [0.15, 0.2) is 30.6 Å². The molecule has 0 saturated heterocycles. The van der Waals surface area contributed by atoms with E-state index in [1.165, 1.54) is 5.56 Å². The number of rotatable bonds is 4. The molecule has 0 unspecified atom stereocenters. The third kappa shape index (κ3) is 2.59. The van der Waals surface area contributed by atoms with Crippen LogP contribution >= 0.6 is 0 Å². The largest absolute Gasteiger partial charge is 0.370 e. The lowest BCUT2D eigenvalue weighted by Crippen LogP contribution is -2.05. The summed E-state index contributed by atoms with van der Waals surface area (Å²) in [5.74, 6) is 1.72. The van der Waals surface area contributed by atoms with Gasteiger partial charge in [-0.25, -0.2) is 9.97 Å². The smallest absolute Gasteiger partial charge is 0.138 e. The van der Waals surface area contributed by atoms with Crippen LogP contribution in [0.2, 0.25) is 0 Å². The summed E-state index contributed by atoms with van der Waals surface area (Å²) in [6, 6.07) is 8.16. The Morgan fingerprint density at radius 1 is 1.06 bits per heavy atom. The standard InChI is InChI=1S/C14H18N4/c1-4-15-13-11(3)14(17-9-16-13)18-12-8-6-5-7-10(12)2/h5-9H,4H2,1-3H3,(H2,15,16,17,18). The van der Waals surface area contributed by atoms with Gasteiger partial charge in [0.1, 0.15) is 18.0 Å². The predicted molar refractivity (Wildman–Crippen MR) is 75.4 cm³/mol. The fourth-order valence-corrected chi connectivity index (χ4v) is 1.76. The molecule has 2 N–H and O–H groups in total. The van der Waals surface area contributed by atoms with Crippen molar-refractivity contribution < 1.29 is 0 Å². The van der Waals surface area contributed by atoms with E-state index in [-0.39, 0.29) is 0 Å². The van der Waals surface area contributed by atoms with Crippen LogP contribution in [0.4, 0.5) is 17.3 Å². The first kappa shape index (κ1) is 12.4. The molecule has 4 heteroatoms. The number of nitrogens with zero attached hydrogens (tertiary/aromatic N) is 2. The highest BCUT2D eigenvalue weighted by Crippen LogP contribution is 2.23. The summed E-state index contributed by atoms with van der Waals surface area (Å²) in [7, 11) is 0. The number of hydrogen-bond acceptors (Lipinski definition) is 4. The molecule has 0 fully saturated rings. The number of aryl methyl sites for hydroxylation is 1. The van der Waals surface area contributed by atoms with Crippen LogP contribution in [-0.2, 0) is 0 Å². The Kier molecular flexibility index (Phi) is 3.77. The molecule has 1 heterocycles. The Hall–Kier alpha value is -2.10. The molecule has 2 aromatic rings.